The summed E-state index contributed by atoms with van der Waals surface area (Å²) in [6.07, 6.45) is 7.91. The number of benzene rings is 1. The molecule has 2 unspecified atom stereocenters. The Morgan fingerprint density at radius 1 is 0.958 bits per heavy atom. The molecule has 5 nitrogen and oxygen atoms in total. The third-order valence-electron chi connectivity index (χ3n) is 4.26. The van der Waals surface area contributed by atoms with Crippen LogP contribution in [0.2, 0.25) is 0 Å². The fraction of sp³-hybridized carbons (Fsp3) is 0.222. The molecule has 0 saturated heterocycles. The van der Waals surface area contributed by atoms with Gasteiger partial charge in [-0.15, -0.1) is 0 Å². The third kappa shape index (κ3) is 2.71. The molecule has 1 aliphatic rings. The minimum Gasteiger partial charge on any atom is -0.494 e. The van der Waals surface area contributed by atoms with Crippen LogP contribution in [0.25, 0.3) is 11.6 Å². The minimum absolute atomic E-state index is 0.270. The minimum atomic E-state index is -0.325. The van der Waals surface area contributed by atoms with Crippen LogP contribution in [0.1, 0.15) is 29.4 Å². The van der Waals surface area contributed by atoms with Crippen LogP contribution < -0.4 is 4.74 Å². The van der Waals surface area contributed by atoms with Crippen LogP contribution in [0.5, 0.6) is 5.75 Å². The summed E-state index contributed by atoms with van der Waals surface area (Å²) >= 11 is 0. The lowest BCUT2D eigenvalue weighted by atomic mass is 10.1. The Balaban J connectivity index is 1.51. The first-order valence-electron chi connectivity index (χ1n) is 7.69. The molecule has 2 atom stereocenters. The molecule has 6 heteroatoms. The number of aromatic nitrogens is 4. The van der Waals surface area contributed by atoms with Gasteiger partial charge in [-0.1, -0.05) is 6.07 Å². The van der Waals surface area contributed by atoms with E-state index in [-0.39, 0.29) is 11.6 Å². The van der Waals surface area contributed by atoms with E-state index in [0.29, 0.717) is 23.5 Å². The largest absolute Gasteiger partial charge is 0.494 e. The molecule has 1 aromatic carbocycles. The number of hydrogen-bond acceptors (Lipinski definition) is 5. The van der Waals surface area contributed by atoms with Crippen LogP contribution in [-0.4, -0.2) is 27.0 Å². The molecule has 0 bridgehead atoms. The van der Waals surface area contributed by atoms with Crippen LogP contribution >= 0.6 is 0 Å². The smallest absolute Gasteiger partial charge is 0.197 e. The summed E-state index contributed by atoms with van der Waals surface area (Å²) in [6.45, 7) is 0. The van der Waals surface area contributed by atoms with Crippen molar-refractivity contribution in [3.63, 3.8) is 0 Å². The van der Waals surface area contributed by atoms with Gasteiger partial charge in [-0.25, -0.2) is 24.3 Å². The Bertz CT molecular complexity index is 855. The SMILES string of the molecule is COc1ccc(C2CC2c2cnc(-c3ncccn3)nc2)cc1F. The Labute approximate surface area is 138 Å². The number of ether oxygens (including phenoxy) is 1. The van der Waals surface area contributed by atoms with Crippen molar-refractivity contribution < 1.29 is 9.13 Å². The Hall–Kier alpha value is -2.89. The average molecular weight is 322 g/mol. The van der Waals surface area contributed by atoms with Gasteiger partial charge in [-0.3, -0.25) is 0 Å². The summed E-state index contributed by atoms with van der Waals surface area (Å²) in [5.74, 6) is 1.58. The van der Waals surface area contributed by atoms with Crippen molar-refractivity contribution >= 4 is 0 Å². The van der Waals surface area contributed by atoms with Gasteiger partial charge in [0.05, 0.1) is 7.11 Å². The highest BCUT2D eigenvalue weighted by molar-refractivity contribution is 5.43. The maximum atomic E-state index is 13.8. The average Bonchev–Trinajstić information content (AvgIpc) is 3.43. The fourth-order valence-corrected chi connectivity index (χ4v) is 2.90. The van der Waals surface area contributed by atoms with Crippen molar-refractivity contribution in [1.82, 2.24) is 19.9 Å². The Kier molecular flexibility index (Phi) is 3.65. The van der Waals surface area contributed by atoms with Gasteiger partial charge >= 0.3 is 0 Å². The number of methoxy groups -OCH3 is 1. The molecular weight excluding hydrogens is 307 g/mol. The summed E-state index contributed by atoms with van der Waals surface area (Å²) in [5, 5.41) is 0. The zero-order valence-electron chi connectivity index (χ0n) is 13.1. The topological polar surface area (TPSA) is 60.8 Å². The molecule has 1 saturated carbocycles. The molecule has 1 aliphatic carbocycles. The quantitative estimate of drug-likeness (QED) is 0.737. The van der Waals surface area contributed by atoms with Crippen molar-refractivity contribution in [3.05, 3.63) is 66.0 Å². The number of hydrogen-bond donors (Lipinski definition) is 0. The molecule has 2 heterocycles. The Morgan fingerprint density at radius 2 is 1.62 bits per heavy atom. The van der Waals surface area contributed by atoms with Crippen LogP contribution in [0, 0.1) is 5.82 Å². The number of nitrogens with zero attached hydrogens (tertiary/aromatic N) is 4. The second kappa shape index (κ2) is 5.96. The molecule has 2 aromatic heterocycles. The van der Waals surface area contributed by atoms with E-state index >= 15 is 0 Å². The monoisotopic (exact) mass is 322 g/mol. The van der Waals surface area contributed by atoms with Gasteiger partial charge in [0.2, 0.25) is 0 Å². The fourth-order valence-electron chi connectivity index (χ4n) is 2.90. The van der Waals surface area contributed by atoms with E-state index in [1.165, 1.54) is 7.11 Å². The molecule has 4 rings (SSSR count). The van der Waals surface area contributed by atoms with Crippen molar-refractivity contribution in [2.45, 2.75) is 18.3 Å². The lowest BCUT2D eigenvalue weighted by molar-refractivity contribution is 0.386. The maximum absolute atomic E-state index is 13.8. The highest BCUT2D eigenvalue weighted by Gasteiger charge is 2.40. The highest BCUT2D eigenvalue weighted by atomic mass is 19.1. The molecule has 120 valence electrons. The third-order valence-corrected chi connectivity index (χ3v) is 4.26. The van der Waals surface area contributed by atoms with E-state index in [2.05, 4.69) is 19.9 Å². The van der Waals surface area contributed by atoms with E-state index in [1.54, 1.807) is 30.6 Å². The van der Waals surface area contributed by atoms with Crippen molar-refractivity contribution in [2.24, 2.45) is 0 Å². The van der Waals surface area contributed by atoms with Crippen molar-refractivity contribution in [2.75, 3.05) is 7.11 Å². The van der Waals surface area contributed by atoms with E-state index in [4.69, 9.17) is 4.74 Å². The zero-order valence-corrected chi connectivity index (χ0v) is 13.1. The normalized spacial score (nSPS) is 19.1. The van der Waals surface area contributed by atoms with Gasteiger partial charge in [0, 0.05) is 24.8 Å². The van der Waals surface area contributed by atoms with Crippen LogP contribution in [0.3, 0.4) is 0 Å². The molecular formula is C18H15FN4O. The summed E-state index contributed by atoms with van der Waals surface area (Å²) in [6, 6.07) is 6.89. The molecule has 24 heavy (non-hydrogen) atoms. The molecule has 0 radical (unpaired) electrons. The zero-order chi connectivity index (χ0) is 16.5. The van der Waals surface area contributed by atoms with Gasteiger partial charge in [0.1, 0.15) is 0 Å². The number of halogens is 1. The van der Waals surface area contributed by atoms with Gasteiger partial charge in [0.15, 0.2) is 23.2 Å². The maximum Gasteiger partial charge on any atom is 0.197 e. The van der Waals surface area contributed by atoms with E-state index < -0.39 is 0 Å². The lowest BCUT2D eigenvalue weighted by Gasteiger charge is -2.05. The second-order valence-corrected chi connectivity index (χ2v) is 5.76. The summed E-state index contributed by atoms with van der Waals surface area (Å²) in [4.78, 5) is 17.0. The second-order valence-electron chi connectivity index (χ2n) is 5.76. The van der Waals surface area contributed by atoms with Gasteiger partial charge in [0.25, 0.3) is 0 Å². The molecule has 0 spiro atoms. The highest BCUT2D eigenvalue weighted by Crippen LogP contribution is 2.54. The van der Waals surface area contributed by atoms with Crippen LogP contribution in [0.4, 0.5) is 4.39 Å². The summed E-state index contributed by atoms with van der Waals surface area (Å²) in [7, 11) is 1.47. The Morgan fingerprint density at radius 3 is 2.29 bits per heavy atom. The summed E-state index contributed by atoms with van der Waals surface area (Å²) < 4.78 is 18.8. The summed E-state index contributed by atoms with van der Waals surface area (Å²) in [5.41, 5.74) is 2.03. The first-order chi connectivity index (χ1) is 11.8. The molecule has 1 fully saturated rings. The molecule has 0 N–H and O–H groups in total. The molecule has 0 amide bonds. The lowest BCUT2D eigenvalue weighted by Crippen LogP contribution is -1.96. The van der Waals surface area contributed by atoms with E-state index in [9.17, 15) is 4.39 Å². The van der Waals surface area contributed by atoms with Crippen molar-refractivity contribution in [1.29, 1.82) is 0 Å². The van der Waals surface area contributed by atoms with Crippen molar-refractivity contribution in [3.8, 4) is 17.4 Å². The van der Waals surface area contributed by atoms with Gasteiger partial charge in [-0.2, -0.15) is 0 Å². The van der Waals surface area contributed by atoms with E-state index in [1.807, 2.05) is 18.5 Å². The number of rotatable bonds is 4. The predicted octanol–water partition coefficient (Wildman–Crippen LogP) is 3.35. The molecule has 0 aliphatic heterocycles. The molecule has 3 aromatic rings. The first kappa shape index (κ1) is 14.7. The predicted molar refractivity (Wildman–Crippen MR) is 86.1 cm³/mol. The first-order valence-corrected chi connectivity index (χ1v) is 7.69. The van der Waals surface area contributed by atoms with Crippen LogP contribution in [0.15, 0.2) is 49.1 Å². The standard InChI is InChI=1S/C18H15FN4O/c1-24-16-4-3-11(7-15(16)19)13-8-14(13)12-9-22-18(23-10-12)17-20-5-2-6-21-17/h2-7,9-10,13-14H,8H2,1H3. The van der Waals surface area contributed by atoms with E-state index in [0.717, 1.165) is 17.5 Å². The van der Waals surface area contributed by atoms with Gasteiger partial charge < -0.3 is 4.74 Å². The van der Waals surface area contributed by atoms with Gasteiger partial charge in [-0.05, 0) is 47.6 Å². The van der Waals surface area contributed by atoms with Crippen LogP contribution in [-0.2, 0) is 0 Å².